The highest BCUT2D eigenvalue weighted by molar-refractivity contribution is 7.89. The molecule has 170 valence electrons. The summed E-state index contributed by atoms with van der Waals surface area (Å²) in [4.78, 5) is 0.279. The van der Waals surface area contributed by atoms with Crippen molar-refractivity contribution in [3.63, 3.8) is 0 Å². The first-order chi connectivity index (χ1) is 14.9. The molecule has 31 heavy (non-hydrogen) atoms. The average Bonchev–Trinajstić information content (AvgIpc) is 2.79. The minimum atomic E-state index is -3.50. The van der Waals surface area contributed by atoms with E-state index in [0.29, 0.717) is 43.6 Å². The lowest BCUT2D eigenvalue weighted by atomic mass is 9.98. The Morgan fingerprint density at radius 3 is 2.29 bits per heavy atom. The van der Waals surface area contributed by atoms with Crippen molar-refractivity contribution in [3.8, 4) is 17.2 Å². The summed E-state index contributed by atoms with van der Waals surface area (Å²) in [6, 6.07) is 12.8. The lowest BCUT2D eigenvalue weighted by molar-refractivity contribution is 0.104. The van der Waals surface area contributed by atoms with Crippen molar-refractivity contribution in [2.75, 3.05) is 39.9 Å². The smallest absolute Gasteiger partial charge is 0.243 e. The summed E-state index contributed by atoms with van der Waals surface area (Å²) in [5.74, 6) is 1.73. The normalized spacial score (nSPS) is 16.7. The minimum absolute atomic E-state index is 0.149. The van der Waals surface area contributed by atoms with Crippen LogP contribution in [-0.4, -0.2) is 68.9 Å². The third-order valence-electron chi connectivity index (χ3n) is 5.36. The van der Waals surface area contributed by atoms with Crippen LogP contribution in [0.15, 0.2) is 53.4 Å². The van der Waals surface area contributed by atoms with Crippen LogP contribution in [0, 0.1) is 5.92 Å². The van der Waals surface area contributed by atoms with Gasteiger partial charge in [-0.25, -0.2) is 8.42 Å². The largest absolute Gasteiger partial charge is 0.508 e. The van der Waals surface area contributed by atoms with Gasteiger partial charge >= 0.3 is 0 Å². The molecule has 1 saturated heterocycles. The van der Waals surface area contributed by atoms with Crippen LogP contribution >= 0.6 is 0 Å². The van der Waals surface area contributed by atoms with Gasteiger partial charge in [-0.05, 0) is 73.8 Å². The summed E-state index contributed by atoms with van der Waals surface area (Å²) in [7, 11) is -1.95. The van der Waals surface area contributed by atoms with Gasteiger partial charge in [0.1, 0.15) is 30.0 Å². The first-order valence-electron chi connectivity index (χ1n) is 10.3. The standard InChI is InChI=1S/C22H30N2O6S/c1-29-20-6-8-22(9-7-20)31(27,28)24-12-10-17(11-13-24)14-23-15-19(26)16-30-21-4-2-18(25)3-5-21/h2-9,17,19,23,25-26H,10-16H2,1H3/t19-/m1/s1. The second kappa shape index (κ2) is 10.8. The number of aromatic hydroxyl groups is 1. The highest BCUT2D eigenvalue weighted by atomic mass is 32.2. The van der Waals surface area contributed by atoms with Crippen molar-refractivity contribution in [2.45, 2.75) is 23.8 Å². The Balaban J connectivity index is 1.37. The zero-order valence-corrected chi connectivity index (χ0v) is 18.4. The summed E-state index contributed by atoms with van der Waals surface area (Å²) in [5, 5.41) is 22.6. The van der Waals surface area contributed by atoms with Crippen LogP contribution in [-0.2, 0) is 10.0 Å². The van der Waals surface area contributed by atoms with Crippen LogP contribution in [0.5, 0.6) is 17.2 Å². The third-order valence-corrected chi connectivity index (χ3v) is 7.28. The number of ether oxygens (including phenoxy) is 2. The molecule has 1 fully saturated rings. The summed E-state index contributed by atoms with van der Waals surface area (Å²) in [6.07, 6.45) is 0.870. The average molecular weight is 451 g/mol. The van der Waals surface area contributed by atoms with Crippen molar-refractivity contribution < 1.29 is 28.1 Å². The molecule has 9 heteroatoms. The highest BCUT2D eigenvalue weighted by Crippen LogP contribution is 2.25. The van der Waals surface area contributed by atoms with Crippen LogP contribution in [0.2, 0.25) is 0 Å². The third kappa shape index (κ3) is 6.57. The van der Waals surface area contributed by atoms with Gasteiger partial charge in [0.15, 0.2) is 0 Å². The van der Waals surface area contributed by atoms with Gasteiger partial charge in [0.25, 0.3) is 0 Å². The van der Waals surface area contributed by atoms with E-state index in [0.717, 1.165) is 12.8 Å². The number of phenols is 1. The molecule has 0 bridgehead atoms. The predicted octanol–water partition coefficient (Wildman–Crippen LogP) is 1.83. The highest BCUT2D eigenvalue weighted by Gasteiger charge is 2.29. The minimum Gasteiger partial charge on any atom is -0.508 e. The molecule has 2 aromatic carbocycles. The Labute approximate surface area is 183 Å². The van der Waals surface area contributed by atoms with Crippen LogP contribution < -0.4 is 14.8 Å². The van der Waals surface area contributed by atoms with E-state index in [1.165, 1.54) is 16.4 Å². The molecule has 3 rings (SSSR count). The second-order valence-electron chi connectivity index (χ2n) is 7.64. The van der Waals surface area contributed by atoms with E-state index in [9.17, 15) is 18.6 Å². The number of methoxy groups -OCH3 is 1. The summed E-state index contributed by atoms with van der Waals surface area (Å²) in [6.45, 7) is 2.21. The molecule has 0 unspecified atom stereocenters. The van der Waals surface area contributed by atoms with E-state index in [-0.39, 0.29) is 17.3 Å². The number of phenolic OH excluding ortho intramolecular Hbond substituents is 1. The molecule has 8 nitrogen and oxygen atoms in total. The van der Waals surface area contributed by atoms with Gasteiger partial charge in [-0.3, -0.25) is 0 Å². The van der Waals surface area contributed by atoms with Crippen LogP contribution in [0.3, 0.4) is 0 Å². The number of hydrogen-bond acceptors (Lipinski definition) is 7. The lowest BCUT2D eigenvalue weighted by Gasteiger charge is -2.31. The molecule has 0 aromatic heterocycles. The fourth-order valence-corrected chi connectivity index (χ4v) is 4.97. The predicted molar refractivity (Wildman–Crippen MR) is 117 cm³/mol. The number of rotatable bonds is 10. The Morgan fingerprint density at radius 1 is 1.06 bits per heavy atom. The van der Waals surface area contributed by atoms with E-state index < -0.39 is 16.1 Å². The van der Waals surface area contributed by atoms with Gasteiger partial charge in [-0.15, -0.1) is 0 Å². The molecule has 1 atom stereocenters. The van der Waals surface area contributed by atoms with Gasteiger partial charge in [-0.1, -0.05) is 0 Å². The Kier molecular flexibility index (Phi) is 8.14. The quantitative estimate of drug-likeness (QED) is 0.507. The van der Waals surface area contributed by atoms with Gasteiger partial charge < -0.3 is 25.0 Å². The topological polar surface area (TPSA) is 108 Å². The maximum atomic E-state index is 12.8. The fraction of sp³-hybridized carbons (Fsp3) is 0.455. The zero-order valence-electron chi connectivity index (χ0n) is 17.6. The summed E-state index contributed by atoms with van der Waals surface area (Å²) in [5.41, 5.74) is 0. The Hall–Kier alpha value is -2.33. The monoisotopic (exact) mass is 450 g/mol. The number of benzene rings is 2. The number of aliphatic hydroxyl groups is 1. The van der Waals surface area contributed by atoms with Crippen LogP contribution in [0.25, 0.3) is 0 Å². The van der Waals surface area contributed by atoms with Crippen molar-refractivity contribution in [2.24, 2.45) is 5.92 Å². The second-order valence-corrected chi connectivity index (χ2v) is 9.58. The first-order valence-corrected chi connectivity index (χ1v) is 11.8. The van der Waals surface area contributed by atoms with Crippen LogP contribution in [0.1, 0.15) is 12.8 Å². The van der Waals surface area contributed by atoms with Crippen molar-refractivity contribution in [1.82, 2.24) is 9.62 Å². The molecular weight excluding hydrogens is 420 g/mol. The Morgan fingerprint density at radius 2 is 1.68 bits per heavy atom. The number of nitrogens with zero attached hydrogens (tertiary/aromatic N) is 1. The van der Waals surface area contributed by atoms with E-state index in [2.05, 4.69) is 5.32 Å². The van der Waals surface area contributed by atoms with E-state index in [1.54, 1.807) is 43.5 Å². The van der Waals surface area contributed by atoms with Gasteiger partial charge in [0.2, 0.25) is 10.0 Å². The molecule has 0 amide bonds. The van der Waals surface area contributed by atoms with Crippen LogP contribution in [0.4, 0.5) is 0 Å². The summed E-state index contributed by atoms with van der Waals surface area (Å²) >= 11 is 0. The fourth-order valence-electron chi connectivity index (χ4n) is 3.50. The number of sulfonamides is 1. The summed E-state index contributed by atoms with van der Waals surface area (Å²) < 4.78 is 37.7. The molecule has 3 N–H and O–H groups in total. The van der Waals surface area contributed by atoms with E-state index >= 15 is 0 Å². The lowest BCUT2D eigenvalue weighted by Crippen LogP contribution is -2.42. The molecular formula is C22H30N2O6S. The van der Waals surface area contributed by atoms with E-state index in [4.69, 9.17) is 9.47 Å². The molecule has 0 radical (unpaired) electrons. The number of aliphatic hydroxyl groups excluding tert-OH is 1. The number of piperidine rings is 1. The Bertz CT molecular complexity index is 910. The van der Waals surface area contributed by atoms with E-state index in [1.807, 2.05) is 0 Å². The van der Waals surface area contributed by atoms with Crippen molar-refractivity contribution in [3.05, 3.63) is 48.5 Å². The molecule has 0 aliphatic carbocycles. The SMILES string of the molecule is COc1ccc(S(=O)(=O)N2CCC(CNC[C@@H](O)COc3ccc(O)cc3)CC2)cc1. The zero-order chi connectivity index (χ0) is 22.3. The maximum Gasteiger partial charge on any atom is 0.243 e. The van der Waals surface area contributed by atoms with Gasteiger partial charge in [0, 0.05) is 19.6 Å². The van der Waals surface area contributed by atoms with Crippen molar-refractivity contribution >= 4 is 10.0 Å². The molecule has 0 spiro atoms. The molecule has 1 aliphatic rings. The number of hydrogen-bond donors (Lipinski definition) is 3. The molecule has 0 saturated carbocycles. The maximum absolute atomic E-state index is 12.8. The van der Waals surface area contributed by atoms with Crippen molar-refractivity contribution in [1.29, 1.82) is 0 Å². The van der Waals surface area contributed by atoms with Gasteiger partial charge in [-0.2, -0.15) is 4.31 Å². The number of nitrogens with one attached hydrogen (secondary N) is 1. The first kappa shape index (κ1) is 23.3. The molecule has 1 heterocycles. The molecule has 2 aromatic rings. The van der Waals surface area contributed by atoms with Gasteiger partial charge in [0.05, 0.1) is 12.0 Å². The molecule has 1 aliphatic heterocycles.